The fourth-order valence-electron chi connectivity index (χ4n) is 3.93. The van der Waals surface area contributed by atoms with Crippen LogP contribution in [-0.4, -0.2) is 72.6 Å². The monoisotopic (exact) mass is 438 g/mol. The van der Waals surface area contributed by atoms with Gasteiger partial charge in [-0.2, -0.15) is 0 Å². The number of anilines is 1. The number of amides is 1. The minimum absolute atomic E-state index is 0.182. The van der Waals surface area contributed by atoms with Crippen molar-refractivity contribution in [3.63, 3.8) is 0 Å². The Balaban J connectivity index is 1.60. The molecule has 0 aliphatic carbocycles. The number of carbonyl (C=O) groups is 2. The van der Waals surface area contributed by atoms with Crippen LogP contribution >= 0.6 is 0 Å². The number of rotatable bonds is 5. The maximum atomic E-state index is 13.0. The van der Waals surface area contributed by atoms with Crippen LogP contribution < -0.4 is 15.0 Å². The van der Waals surface area contributed by atoms with Crippen molar-refractivity contribution >= 4 is 23.8 Å². The highest BCUT2D eigenvalue weighted by Gasteiger charge is 2.43. The molecule has 168 valence electrons. The molecule has 3 heterocycles. The molecule has 1 N–H and O–H groups in total. The quantitative estimate of drug-likeness (QED) is 0.544. The third-order valence-corrected chi connectivity index (χ3v) is 5.51. The minimum Gasteiger partial charge on any atom is -0.496 e. The summed E-state index contributed by atoms with van der Waals surface area (Å²) >= 11 is 0. The number of piperazine rings is 1. The first kappa shape index (κ1) is 21.5. The zero-order chi connectivity index (χ0) is 22.5. The van der Waals surface area contributed by atoms with Crippen LogP contribution in [0.4, 0.5) is 5.95 Å². The molecule has 1 aromatic heterocycles. The van der Waals surface area contributed by atoms with Crippen molar-refractivity contribution in [3.8, 4) is 5.75 Å². The van der Waals surface area contributed by atoms with Gasteiger partial charge in [-0.3, -0.25) is 14.9 Å². The lowest BCUT2D eigenvalue weighted by molar-refractivity contribution is -0.153. The van der Waals surface area contributed by atoms with E-state index in [9.17, 15) is 9.59 Å². The summed E-state index contributed by atoms with van der Waals surface area (Å²) in [5.74, 6) is -0.436. The molecule has 1 aromatic carbocycles. The number of nitrogens with zero attached hydrogens (tertiary/aromatic N) is 5. The number of hydrogen-bond donors (Lipinski definition) is 1. The molecule has 2 atom stereocenters. The Hall–Kier alpha value is -3.69. The van der Waals surface area contributed by atoms with Crippen molar-refractivity contribution in [1.82, 2.24) is 20.2 Å². The number of nitrogens with one attached hydrogen (secondary N) is 1. The number of esters is 1. The summed E-state index contributed by atoms with van der Waals surface area (Å²) in [6, 6.07) is 8.31. The summed E-state index contributed by atoms with van der Waals surface area (Å²) < 4.78 is 10.7. The van der Waals surface area contributed by atoms with Crippen molar-refractivity contribution in [3.05, 3.63) is 48.3 Å². The normalized spacial score (nSPS) is 20.9. The summed E-state index contributed by atoms with van der Waals surface area (Å²) in [4.78, 5) is 43.2. The van der Waals surface area contributed by atoms with Gasteiger partial charge in [-0.15, -0.1) is 0 Å². The minimum atomic E-state index is -1.09. The third kappa shape index (κ3) is 4.34. The van der Waals surface area contributed by atoms with Gasteiger partial charge in [-0.1, -0.05) is 18.2 Å². The Morgan fingerprint density at radius 3 is 2.47 bits per heavy atom. The van der Waals surface area contributed by atoms with Crippen molar-refractivity contribution in [1.29, 1.82) is 0 Å². The number of aliphatic imine (C=N–C) groups is 1. The van der Waals surface area contributed by atoms with Gasteiger partial charge >= 0.3 is 5.97 Å². The molecule has 0 unspecified atom stereocenters. The second-order valence-corrected chi connectivity index (χ2v) is 7.38. The second kappa shape index (κ2) is 9.63. The molecule has 1 amide bonds. The van der Waals surface area contributed by atoms with Crippen LogP contribution in [0.1, 0.15) is 18.5 Å². The number of para-hydroxylation sites is 1. The molecule has 2 aromatic rings. The van der Waals surface area contributed by atoms with E-state index in [0.717, 1.165) is 0 Å². The highest BCUT2D eigenvalue weighted by molar-refractivity contribution is 6.08. The molecule has 10 heteroatoms. The summed E-state index contributed by atoms with van der Waals surface area (Å²) in [6.45, 7) is 4.50. The van der Waals surface area contributed by atoms with Crippen molar-refractivity contribution in [2.45, 2.75) is 13.0 Å². The van der Waals surface area contributed by atoms with Crippen LogP contribution in [0.15, 0.2) is 47.7 Å². The van der Waals surface area contributed by atoms with Gasteiger partial charge in [0.25, 0.3) is 0 Å². The van der Waals surface area contributed by atoms with Gasteiger partial charge in [-0.05, 0) is 19.1 Å². The van der Waals surface area contributed by atoms with Gasteiger partial charge in [0.15, 0.2) is 5.92 Å². The van der Waals surface area contributed by atoms with E-state index in [4.69, 9.17) is 14.5 Å². The number of carbonyl (C=O) groups excluding carboxylic acids is 2. The number of hydrogen-bond acceptors (Lipinski definition) is 9. The molecule has 1 fully saturated rings. The lowest BCUT2D eigenvalue weighted by Crippen LogP contribution is -2.57. The molecule has 2 aliphatic heterocycles. The SMILES string of the molecule is CCOC(=O)[C@@H]1C(=O)NC(N2CCN(c3ncccn3)CC2)=N[C@@H]1c1ccccc1OC. The highest BCUT2D eigenvalue weighted by Crippen LogP contribution is 2.36. The van der Waals surface area contributed by atoms with Crippen LogP contribution in [-0.2, 0) is 14.3 Å². The van der Waals surface area contributed by atoms with E-state index in [1.807, 2.05) is 23.1 Å². The Bertz CT molecular complexity index is 991. The molecular weight excluding hydrogens is 412 g/mol. The van der Waals surface area contributed by atoms with E-state index in [0.29, 0.717) is 49.4 Å². The zero-order valence-corrected chi connectivity index (χ0v) is 18.1. The third-order valence-electron chi connectivity index (χ3n) is 5.51. The fraction of sp³-hybridized carbons (Fsp3) is 0.409. The molecule has 32 heavy (non-hydrogen) atoms. The summed E-state index contributed by atoms with van der Waals surface area (Å²) in [6.07, 6.45) is 3.43. The topological polar surface area (TPSA) is 109 Å². The van der Waals surface area contributed by atoms with Gasteiger partial charge in [0.1, 0.15) is 11.8 Å². The molecule has 10 nitrogen and oxygen atoms in total. The summed E-state index contributed by atoms with van der Waals surface area (Å²) in [5, 5.41) is 2.81. The first-order valence-electron chi connectivity index (χ1n) is 10.6. The molecule has 0 bridgehead atoms. The van der Waals surface area contributed by atoms with E-state index in [1.165, 1.54) is 0 Å². The van der Waals surface area contributed by atoms with Gasteiger partial charge in [0.2, 0.25) is 17.8 Å². The average Bonchev–Trinajstić information content (AvgIpc) is 2.84. The fourth-order valence-corrected chi connectivity index (χ4v) is 3.93. The van der Waals surface area contributed by atoms with Gasteiger partial charge in [0, 0.05) is 44.1 Å². The van der Waals surface area contributed by atoms with E-state index < -0.39 is 23.8 Å². The predicted molar refractivity (Wildman–Crippen MR) is 117 cm³/mol. The van der Waals surface area contributed by atoms with E-state index >= 15 is 0 Å². The number of guanidine groups is 1. The Morgan fingerprint density at radius 2 is 1.78 bits per heavy atom. The average molecular weight is 438 g/mol. The number of benzene rings is 1. The van der Waals surface area contributed by atoms with Crippen LogP contribution in [0.5, 0.6) is 5.75 Å². The molecule has 0 saturated carbocycles. The molecule has 1 saturated heterocycles. The van der Waals surface area contributed by atoms with Crippen molar-refractivity contribution < 1.29 is 19.1 Å². The molecule has 0 spiro atoms. The molecular formula is C22H26N6O4. The maximum Gasteiger partial charge on any atom is 0.321 e. The Morgan fingerprint density at radius 1 is 1.09 bits per heavy atom. The standard InChI is InChI=1S/C22H26N6O4/c1-3-32-20(30)17-18(15-7-4-5-8-16(15)31-2)25-22(26-19(17)29)28-13-11-27(12-14-28)21-23-9-6-10-24-21/h4-10,17-18H,3,11-14H2,1-2H3,(H,25,26,29)/t17-,18+/m0/s1. The molecule has 0 radical (unpaired) electrons. The largest absolute Gasteiger partial charge is 0.496 e. The summed E-state index contributed by atoms with van der Waals surface area (Å²) in [5.41, 5.74) is 0.664. The lowest BCUT2D eigenvalue weighted by atomic mass is 9.90. The van der Waals surface area contributed by atoms with E-state index in [-0.39, 0.29) is 6.61 Å². The van der Waals surface area contributed by atoms with Gasteiger partial charge < -0.3 is 19.3 Å². The van der Waals surface area contributed by atoms with Crippen LogP contribution in [0, 0.1) is 5.92 Å². The zero-order valence-electron chi connectivity index (χ0n) is 18.1. The number of ether oxygens (including phenoxy) is 2. The number of methoxy groups -OCH3 is 1. The van der Waals surface area contributed by atoms with Crippen LogP contribution in [0.2, 0.25) is 0 Å². The van der Waals surface area contributed by atoms with Crippen molar-refractivity contribution in [2.75, 3.05) is 44.8 Å². The van der Waals surface area contributed by atoms with Gasteiger partial charge in [-0.25, -0.2) is 15.0 Å². The second-order valence-electron chi connectivity index (χ2n) is 7.38. The number of aromatic nitrogens is 2. The molecule has 2 aliphatic rings. The van der Waals surface area contributed by atoms with E-state index in [2.05, 4.69) is 20.2 Å². The van der Waals surface area contributed by atoms with E-state index in [1.54, 1.807) is 38.6 Å². The summed E-state index contributed by atoms with van der Waals surface area (Å²) in [7, 11) is 1.55. The highest BCUT2D eigenvalue weighted by atomic mass is 16.5. The Kier molecular flexibility index (Phi) is 6.48. The molecule has 4 rings (SSSR count). The van der Waals surface area contributed by atoms with Gasteiger partial charge in [0.05, 0.1) is 13.7 Å². The lowest BCUT2D eigenvalue weighted by Gasteiger charge is -2.39. The van der Waals surface area contributed by atoms with Crippen LogP contribution in [0.25, 0.3) is 0 Å². The maximum absolute atomic E-state index is 13.0. The predicted octanol–water partition coefficient (Wildman–Crippen LogP) is 1.01. The first-order chi connectivity index (χ1) is 15.6. The van der Waals surface area contributed by atoms with Crippen molar-refractivity contribution in [2.24, 2.45) is 10.9 Å². The smallest absolute Gasteiger partial charge is 0.321 e. The first-order valence-corrected chi connectivity index (χ1v) is 10.6. The Labute approximate surface area is 186 Å². The van der Waals surface area contributed by atoms with Crippen LogP contribution in [0.3, 0.4) is 0 Å².